The number of carboxylic acids is 1. The third-order valence-corrected chi connectivity index (χ3v) is 8.49. The highest BCUT2D eigenvalue weighted by atomic mass is 16.5. The minimum Gasteiger partial charge on any atom is -0.480 e. The molecule has 5 heteroatoms. The maximum Gasteiger partial charge on any atom is 0.407 e. The number of hydrogen-bond acceptors (Lipinski definition) is 3. The molecule has 0 heterocycles. The maximum absolute atomic E-state index is 12.7. The third kappa shape index (κ3) is 4.44. The second-order valence-corrected chi connectivity index (χ2v) is 10.8. The van der Waals surface area contributed by atoms with Crippen LogP contribution in [0, 0.1) is 0 Å². The minimum absolute atomic E-state index is 0.0778. The number of ether oxygens (including phenoxy) is 1. The quantitative estimate of drug-likeness (QED) is 0.193. The Morgan fingerprint density at radius 3 is 2.02 bits per heavy atom. The van der Waals surface area contributed by atoms with E-state index < -0.39 is 18.1 Å². The van der Waals surface area contributed by atoms with Crippen LogP contribution in [-0.2, 0) is 16.0 Å². The lowest BCUT2D eigenvalue weighted by Gasteiger charge is -2.18. The van der Waals surface area contributed by atoms with Gasteiger partial charge in [-0.2, -0.15) is 0 Å². The number of hydrogen-bond donors (Lipinski definition) is 2. The fourth-order valence-electron chi connectivity index (χ4n) is 6.55. The molecule has 1 atom stereocenters. The third-order valence-electron chi connectivity index (χ3n) is 8.49. The van der Waals surface area contributed by atoms with E-state index >= 15 is 0 Å². The zero-order valence-corrected chi connectivity index (χ0v) is 22.5. The Hall–Kier alpha value is -4.90. The standard InChI is InChI=1S/C36H29NO4/c38-35(39)32(37-36(40)41-21-31-29-12-3-1-10-27(29)28-11-2-4-13-30(28)31)14-6-7-22-15-16-25-18-17-23-8-5-9-24-19-20-26(22)34(25)33(23)24/h1-5,8-13,15-20,31-32H,6-7,14,21H2,(H,37,40)(H,38,39)/t32-/m0/s1. The van der Waals surface area contributed by atoms with Crippen LogP contribution < -0.4 is 5.32 Å². The Bertz CT molecular complexity index is 1870. The van der Waals surface area contributed by atoms with Gasteiger partial charge in [-0.25, -0.2) is 9.59 Å². The summed E-state index contributed by atoms with van der Waals surface area (Å²) >= 11 is 0. The molecule has 0 saturated heterocycles. The number of carbonyl (C=O) groups excluding carboxylic acids is 1. The molecule has 1 amide bonds. The Morgan fingerprint density at radius 1 is 0.732 bits per heavy atom. The molecule has 1 aliphatic rings. The zero-order valence-electron chi connectivity index (χ0n) is 22.5. The smallest absolute Gasteiger partial charge is 0.407 e. The Morgan fingerprint density at radius 2 is 1.34 bits per heavy atom. The van der Waals surface area contributed by atoms with Crippen LogP contribution in [-0.4, -0.2) is 29.8 Å². The van der Waals surface area contributed by atoms with Crippen molar-refractivity contribution in [2.45, 2.75) is 31.2 Å². The van der Waals surface area contributed by atoms with Gasteiger partial charge in [-0.15, -0.1) is 0 Å². The summed E-state index contributed by atoms with van der Waals surface area (Å²) in [6.07, 6.45) is 0.929. The van der Waals surface area contributed by atoms with E-state index in [0.717, 1.165) is 22.3 Å². The summed E-state index contributed by atoms with van der Waals surface area (Å²) in [4.78, 5) is 24.8. The average molecular weight is 540 g/mol. The van der Waals surface area contributed by atoms with Gasteiger partial charge in [-0.1, -0.05) is 103 Å². The normalized spacial score (nSPS) is 13.4. The van der Waals surface area contributed by atoms with Crippen molar-refractivity contribution in [1.29, 1.82) is 0 Å². The largest absolute Gasteiger partial charge is 0.480 e. The van der Waals surface area contributed by atoms with Crippen molar-refractivity contribution in [3.63, 3.8) is 0 Å². The van der Waals surface area contributed by atoms with Crippen LogP contribution in [0.3, 0.4) is 0 Å². The van der Waals surface area contributed by atoms with E-state index in [1.807, 2.05) is 24.3 Å². The zero-order chi connectivity index (χ0) is 27.9. The van der Waals surface area contributed by atoms with Crippen molar-refractivity contribution >= 4 is 44.4 Å². The van der Waals surface area contributed by atoms with Crippen LogP contribution in [0.1, 0.15) is 35.4 Å². The molecule has 2 N–H and O–H groups in total. The highest BCUT2D eigenvalue weighted by Crippen LogP contribution is 2.44. The first kappa shape index (κ1) is 25.1. The van der Waals surface area contributed by atoms with Crippen molar-refractivity contribution in [3.05, 3.63) is 120 Å². The van der Waals surface area contributed by atoms with Crippen LogP contribution >= 0.6 is 0 Å². The Kier molecular flexibility index (Phi) is 6.27. The van der Waals surface area contributed by atoms with Crippen molar-refractivity contribution in [2.75, 3.05) is 6.61 Å². The van der Waals surface area contributed by atoms with Gasteiger partial charge in [0.1, 0.15) is 12.6 Å². The number of rotatable bonds is 8. The van der Waals surface area contributed by atoms with E-state index in [0.29, 0.717) is 19.3 Å². The fourth-order valence-corrected chi connectivity index (χ4v) is 6.55. The lowest BCUT2D eigenvalue weighted by Crippen LogP contribution is -2.41. The van der Waals surface area contributed by atoms with Crippen LogP contribution in [0.15, 0.2) is 103 Å². The van der Waals surface area contributed by atoms with Crippen LogP contribution in [0.4, 0.5) is 4.79 Å². The van der Waals surface area contributed by atoms with Gasteiger partial charge < -0.3 is 15.2 Å². The second-order valence-electron chi connectivity index (χ2n) is 10.8. The van der Waals surface area contributed by atoms with Gasteiger partial charge in [0, 0.05) is 5.92 Å². The lowest BCUT2D eigenvalue weighted by molar-refractivity contribution is -0.139. The predicted octanol–water partition coefficient (Wildman–Crippen LogP) is 7.90. The molecule has 0 aromatic heterocycles. The first-order valence-corrected chi connectivity index (χ1v) is 14.1. The topological polar surface area (TPSA) is 75.6 Å². The van der Waals surface area contributed by atoms with Crippen LogP contribution in [0.2, 0.25) is 0 Å². The van der Waals surface area contributed by atoms with Gasteiger partial charge in [-0.3, -0.25) is 0 Å². The van der Waals surface area contributed by atoms with Crippen molar-refractivity contribution in [2.24, 2.45) is 0 Å². The first-order valence-electron chi connectivity index (χ1n) is 14.1. The summed E-state index contributed by atoms with van der Waals surface area (Å²) in [6, 6.07) is 34.5. The van der Waals surface area contributed by atoms with Crippen LogP contribution in [0.5, 0.6) is 0 Å². The molecule has 41 heavy (non-hydrogen) atoms. The van der Waals surface area contributed by atoms with Crippen LogP contribution in [0.25, 0.3) is 43.4 Å². The number of aryl methyl sites for hydroxylation is 1. The molecule has 0 radical (unpaired) electrons. The summed E-state index contributed by atoms with van der Waals surface area (Å²) in [7, 11) is 0. The van der Waals surface area contributed by atoms with E-state index in [-0.39, 0.29) is 12.5 Å². The molecule has 0 bridgehead atoms. The van der Waals surface area contributed by atoms with E-state index in [1.54, 1.807) is 0 Å². The lowest BCUT2D eigenvalue weighted by atomic mass is 9.90. The molecule has 7 rings (SSSR count). The van der Waals surface area contributed by atoms with E-state index in [2.05, 4.69) is 84.2 Å². The molecule has 0 spiro atoms. The molecule has 0 saturated carbocycles. The summed E-state index contributed by atoms with van der Waals surface area (Å²) in [5.41, 5.74) is 5.70. The van der Waals surface area contributed by atoms with Crippen molar-refractivity contribution in [1.82, 2.24) is 5.32 Å². The number of alkyl carbamates (subject to hydrolysis) is 1. The summed E-state index contributed by atoms with van der Waals surface area (Å²) in [5.74, 6) is -1.14. The Balaban J connectivity index is 1.02. The summed E-state index contributed by atoms with van der Waals surface area (Å²) < 4.78 is 5.59. The highest BCUT2D eigenvalue weighted by Gasteiger charge is 2.29. The maximum atomic E-state index is 12.7. The molecule has 6 aromatic rings. The summed E-state index contributed by atoms with van der Waals surface area (Å²) in [5, 5.41) is 19.8. The van der Waals surface area contributed by atoms with Crippen molar-refractivity contribution < 1.29 is 19.4 Å². The van der Waals surface area contributed by atoms with Gasteiger partial charge in [0.2, 0.25) is 0 Å². The Labute approximate surface area is 237 Å². The number of fused-ring (bicyclic) bond motifs is 3. The number of nitrogens with one attached hydrogen (secondary N) is 1. The number of benzene rings is 6. The molecule has 0 fully saturated rings. The molecular weight excluding hydrogens is 510 g/mol. The number of carboxylic acid groups (broad SMARTS) is 1. The first-order chi connectivity index (χ1) is 20.1. The molecule has 5 nitrogen and oxygen atoms in total. The molecule has 0 unspecified atom stereocenters. The highest BCUT2D eigenvalue weighted by molar-refractivity contribution is 6.23. The molecule has 6 aromatic carbocycles. The minimum atomic E-state index is -1.06. The molecule has 1 aliphatic carbocycles. The molecule has 0 aliphatic heterocycles. The molecular formula is C36H29NO4. The molecule has 202 valence electrons. The van der Waals surface area contributed by atoms with Gasteiger partial charge in [0.25, 0.3) is 0 Å². The van der Waals surface area contributed by atoms with Gasteiger partial charge in [0.15, 0.2) is 0 Å². The van der Waals surface area contributed by atoms with E-state index in [4.69, 9.17) is 4.74 Å². The number of aliphatic carboxylic acids is 1. The summed E-state index contributed by atoms with van der Waals surface area (Å²) in [6.45, 7) is 0.148. The van der Waals surface area contributed by atoms with E-state index in [1.165, 1.54) is 37.9 Å². The predicted molar refractivity (Wildman–Crippen MR) is 163 cm³/mol. The second kappa shape index (κ2) is 10.3. The number of amides is 1. The SMILES string of the molecule is O=C(N[C@@H](CCCc1ccc2ccc3cccc4ccc1c2c34)C(=O)O)OCC1c2ccccc2-c2ccccc21. The van der Waals surface area contributed by atoms with Crippen molar-refractivity contribution in [3.8, 4) is 11.1 Å². The van der Waals surface area contributed by atoms with Gasteiger partial charge in [0.05, 0.1) is 0 Å². The number of carbonyl (C=O) groups is 2. The monoisotopic (exact) mass is 539 g/mol. The van der Waals surface area contributed by atoms with Gasteiger partial charge in [-0.05, 0) is 79.4 Å². The van der Waals surface area contributed by atoms with E-state index in [9.17, 15) is 14.7 Å². The fraction of sp³-hybridized carbons (Fsp3) is 0.167. The van der Waals surface area contributed by atoms with Gasteiger partial charge >= 0.3 is 12.1 Å². The average Bonchev–Trinajstić information content (AvgIpc) is 3.32.